The number of benzene rings is 2. The fourth-order valence-corrected chi connectivity index (χ4v) is 8.35. The summed E-state index contributed by atoms with van der Waals surface area (Å²) in [6.07, 6.45) is 2.85. The van der Waals surface area contributed by atoms with Gasteiger partial charge in [-0.05, 0) is 55.9 Å². The third-order valence-electron chi connectivity index (χ3n) is 9.99. The van der Waals surface area contributed by atoms with Gasteiger partial charge in [0.2, 0.25) is 11.8 Å². The smallest absolute Gasteiger partial charge is 0.306 e. The van der Waals surface area contributed by atoms with Crippen molar-refractivity contribution in [2.75, 3.05) is 44.6 Å². The fourth-order valence-electron chi connectivity index (χ4n) is 7.17. The van der Waals surface area contributed by atoms with Crippen molar-refractivity contribution in [1.29, 1.82) is 0 Å². The number of anilines is 1. The minimum absolute atomic E-state index is 0.0491. The van der Waals surface area contributed by atoms with Gasteiger partial charge in [0.25, 0.3) is 5.91 Å². The normalized spacial score (nSPS) is 23.4. The summed E-state index contributed by atoms with van der Waals surface area (Å²) < 4.78 is 22.7. The number of thiophene rings is 1. The van der Waals surface area contributed by atoms with Gasteiger partial charge in [-0.2, -0.15) is 0 Å². The molecule has 0 bridgehead atoms. The predicted molar refractivity (Wildman–Crippen MR) is 182 cm³/mol. The van der Waals surface area contributed by atoms with E-state index in [4.69, 9.17) is 16.3 Å². The molecule has 2 atom stereocenters. The lowest BCUT2D eigenvalue weighted by Gasteiger charge is -2.37. The maximum Gasteiger partial charge on any atom is 0.306 e. The molecule has 3 fully saturated rings. The van der Waals surface area contributed by atoms with Crippen LogP contribution in [-0.4, -0.2) is 101 Å². The molecule has 1 aromatic heterocycles. The highest BCUT2D eigenvalue weighted by Crippen LogP contribution is 2.32. The highest BCUT2D eigenvalue weighted by atomic mass is 35.5. The Morgan fingerprint density at radius 1 is 1.06 bits per heavy atom. The number of carboxylic acid groups (broad SMARTS) is 1. The van der Waals surface area contributed by atoms with Crippen LogP contribution in [0.3, 0.4) is 0 Å². The zero-order valence-electron chi connectivity index (χ0n) is 26.8. The molecule has 3 amide bonds. The van der Waals surface area contributed by atoms with Crippen molar-refractivity contribution in [2.24, 2.45) is 5.92 Å². The molecular weight excluding hydrogens is 659 g/mol. The van der Waals surface area contributed by atoms with Crippen LogP contribution in [0.15, 0.2) is 41.8 Å². The molecule has 2 aromatic carbocycles. The molecule has 3 aliphatic rings. The third kappa shape index (κ3) is 7.67. The van der Waals surface area contributed by atoms with Gasteiger partial charge in [-0.3, -0.25) is 24.1 Å². The van der Waals surface area contributed by atoms with E-state index in [0.717, 1.165) is 16.2 Å². The first-order valence-corrected chi connectivity index (χ1v) is 17.7. The fraction of sp³-hybridized carbons (Fsp3) is 0.486. The molecule has 0 spiro atoms. The number of halogens is 2. The number of piperazine rings is 1. The number of carboxylic acids is 1. The summed E-state index contributed by atoms with van der Waals surface area (Å²) in [5.41, 5.74) is 0.732. The van der Waals surface area contributed by atoms with Gasteiger partial charge < -0.3 is 25.0 Å². The number of carbonyl (C=O) groups excluding carboxylic acids is 3. The minimum Gasteiger partial charge on any atom is -0.481 e. The van der Waals surface area contributed by atoms with Crippen LogP contribution in [0.4, 0.5) is 10.1 Å². The van der Waals surface area contributed by atoms with Gasteiger partial charge in [0.15, 0.2) is 0 Å². The average molecular weight is 699 g/mol. The van der Waals surface area contributed by atoms with E-state index in [9.17, 15) is 24.3 Å². The lowest BCUT2D eigenvalue weighted by atomic mass is 9.87. The quantitative estimate of drug-likeness (QED) is 0.312. The second-order valence-corrected chi connectivity index (χ2v) is 14.3. The van der Waals surface area contributed by atoms with E-state index in [2.05, 4.69) is 10.2 Å². The van der Waals surface area contributed by atoms with E-state index in [-0.39, 0.29) is 58.6 Å². The van der Waals surface area contributed by atoms with Crippen LogP contribution < -0.4 is 5.32 Å². The SMILES string of the molecule is CC(=O)N1CCN([C@H]2C[C@@H](CO[C@H]3CC[C@H](C(=O)O)CC3)N(C(=O)Cc3cc(Cl)c(NC(=O)c4csc5ccccc45)cc3F)C2)CC1. The second kappa shape index (κ2) is 14.9. The Bertz CT molecular complexity index is 1690. The Hall–Kier alpha value is -3.58. The number of fused-ring (bicyclic) bond motifs is 1. The van der Waals surface area contributed by atoms with Crippen molar-refractivity contribution in [3.8, 4) is 0 Å². The number of amides is 3. The Morgan fingerprint density at radius 2 is 1.79 bits per heavy atom. The van der Waals surface area contributed by atoms with E-state index in [1.54, 1.807) is 17.2 Å². The Kier molecular flexibility index (Phi) is 10.6. The molecule has 2 N–H and O–H groups in total. The molecule has 3 aromatic rings. The highest BCUT2D eigenvalue weighted by molar-refractivity contribution is 7.17. The molecule has 10 nitrogen and oxygen atoms in total. The number of hydrogen-bond acceptors (Lipinski definition) is 7. The molecule has 0 radical (unpaired) electrons. The topological polar surface area (TPSA) is 119 Å². The number of rotatable bonds is 9. The minimum atomic E-state index is -0.771. The van der Waals surface area contributed by atoms with Gasteiger partial charge in [0.05, 0.1) is 47.4 Å². The molecule has 2 aliphatic heterocycles. The molecule has 1 aliphatic carbocycles. The van der Waals surface area contributed by atoms with Gasteiger partial charge in [0, 0.05) is 61.2 Å². The lowest BCUT2D eigenvalue weighted by molar-refractivity contribution is -0.144. The van der Waals surface area contributed by atoms with Gasteiger partial charge in [-0.1, -0.05) is 29.8 Å². The van der Waals surface area contributed by atoms with Crippen molar-refractivity contribution in [2.45, 2.75) is 63.6 Å². The number of nitrogens with one attached hydrogen (secondary N) is 1. The summed E-state index contributed by atoms with van der Waals surface area (Å²) in [5, 5.41) is 14.7. The van der Waals surface area contributed by atoms with Crippen LogP contribution in [0.5, 0.6) is 0 Å². The number of ether oxygens (including phenoxy) is 1. The maximum atomic E-state index is 15.5. The molecule has 3 heterocycles. The number of nitrogens with zero attached hydrogens (tertiary/aromatic N) is 3. The van der Waals surface area contributed by atoms with Gasteiger partial charge in [-0.25, -0.2) is 4.39 Å². The van der Waals surface area contributed by atoms with E-state index >= 15 is 4.39 Å². The van der Waals surface area contributed by atoms with Crippen molar-refractivity contribution in [1.82, 2.24) is 14.7 Å². The van der Waals surface area contributed by atoms with E-state index in [1.165, 1.54) is 17.4 Å². The lowest BCUT2D eigenvalue weighted by Crippen LogP contribution is -2.52. The van der Waals surface area contributed by atoms with Gasteiger partial charge in [-0.15, -0.1) is 11.3 Å². The number of likely N-dealkylation sites (tertiary alicyclic amines) is 1. The van der Waals surface area contributed by atoms with E-state index < -0.39 is 17.7 Å². The molecule has 1 saturated carbocycles. The van der Waals surface area contributed by atoms with Crippen LogP contribution in [0, 0.1) is 11.7 Å². The van der Waals surface area contributed by atoms with Gasteiger partial charge >= 0.3 is 5.97 Å². The van der Waals surface area contributed by atoms with E-state index in [0.29, 0.717) is 77.0 Å². The van der Waals surface area contributed by atoms with Crippen LogP contribution in [0.1, 0.15) is 54.9 Å². The summed E-state index contributed by atoms with van der Waals surface area (Å²) in [6, 6.07) is 9.93. The molecular formula is C35H40ClFN4O6S. The Balaban J connectivity index is 1.12. The largest absolute Gasteiger partial charge is 0.481 e. The molecule has 256 valence electrons. The molecule has 0 unspecified atom stereocenters. The zero-order valence-corrected chi connectivity index (χ0v) is 28.4. The van der Waals surface area contributed by atoms with Crippen molar-refractivity contribution in [3.05, 3.63) is 63.7 Å². The summed E-state index contributed by atoms with van der Waals surface area (Å²) in [4.78, 5) is 56.0. The third-order valence-corrected chi connectivity index (χ3v) is 11.3. The first-order valence-electron chi connectivity index (χ1n) is 16.5. The van der Waals surface area contributed by atoms with Crippen molar-refractivity contribution in [3.63, 3.8) is 0 Å². The highest BCUT2D eigenvalue weighted by Gasteiger charge is 2.40. The predicted octanol–water partition coefficient (Wildman–Crippen LogP) is 5.28. The van der Waals surface area contributed by atoms with Crippen molar-refractivity contribution < 1.29 is 33.4 Å². The van der Waals surface area contributed by atoms with Crippen LogP contribution in [0.2, 0.25) is 5.02 Å². The van der Waals surface area contributed by atoms with Crippen molar-refractivity contribution >= 4 is 62.4 Å². The monoisotopic (exact) mass is 698 g/mol. The molecule has 6 rings (SSSR count). The second-order valence-electron chi connectivity index (χ2n) is 13.0. The maximum absolute atomic E-state index is 15.5. The average Bonchev–Trinajstić information content (AvgIpc) is 3.71. The summed E-state index contributed by atoms with van der Waals surface area (Å²) >= 11 is 7.97. The standard InChI is InChI=1S/C35H40ClFN4O6S/c1-21(42)39-10-12-40(13-11-39)24-16-25(19-47-26-8-6-22(7-9-26)35(45)46)41(18-24)33(43)15-23-14-29(36)31(17-30(23)37)38-34(44)28-20-48-32-5-3-2-4-27(28)32/h2-5,14,17,20,22,24-26H,6-13,15-16,18-19H2,1H3,(H,38,44)(H,45,46)/t22-,24-,25-,26-/m0/s1. The Labute approximate surface area is 287 Å². The number of aliphatic carboxylic acids is 1. The zero-order chi connectivity index (χ0) is 33.9. The molecule has 2 saturated heterocycles. The van der Waals surface area contributed by atoms with Crippen LogP contribution in [-0.2, 0) is 25.5 Å². The first-order chi connectivity index (χ1) is 23.1. The Morgan fingerprint density at radius 3 is 2.50 bits per heavy atom. The molecule has 48 heavy (non-hydrogen) atoms. The van der Waals surface area contributed by atoms with Crippen LogP contribution in [0.25, 0.3) is 10.1 Å². The van der Waals surface area contributed by atoms with Crippen LogP contribution >= 0.6 is 22.9 Å². The molecule has 13 heteroatoms. The van der Waals surface area contributed by atoms with Gasteiger partial charge in [0.1, 0.15) is 5.82 Å². The summed E-state index contributed by atoms with van der Waals surface area (Å²) in [6.45, 7) is 5.00. The number of hydrogen-bond donors (Lipinski definition) is 2. The first kappa shape index (κ1) is 34.3. The number of carbonyl (C=O) groups is 4. The summed E-state index contributed by atoms with van der Waals surface area (Å²) in [5.74, 6) is -2.36. The summed E-state index contributed by atoms with van der Waals surface area (Å²) in [7, 11) is 0. The van der Waals surface area contributed by atoms with E-state index in [1.807, 2.05) is 29.2 Å².